The van der Waals surface area contributed by atoms with Gasteiger partial charge in [-0.3, -0.25) is 0 Å². The maximum atomic E-state index is 10.6. The topological polar surface area (TPSA) is 58.6 Å². The van der Waals surface area contributed by atoms with Crippen LogP contribution in [0.2, 0.25) is 0 Å². The van der Waals surface area contributed by atoms with Crippen molar-refractivity contribution < 1.29 is 14.6 Å². The zero-order chi connectivity index (χ0) is 9.19. The lowest BCUT2D eigenvalue weighted by molar-refractivity contribution is 0.0101. The van der Waals surface area contributed by atoms with E-state index in [0.717, 1.165) is 0 Å². The number of cyclic esters (lactones) is 1. The number of hydrogen-bond donors (Lipinski definition) is 2. The highest BCUT2D eigenvalue weighted by Gasteiger charge is 2.38. The molecule has 1 aliphatic rings. The summed E-state index contributed by atoms with van der Waals surface area (Å²) in [6.07, 6.45) is 1.44. The number of hydrogen-bond acceptors (Lipinski definition) is 3. The molecule has 0 spiro atoms. The van der Waals surface area contributed by atoms with Crippen LogP contribution in [0.4, 0.5) is 4.79 Å². The number of carbonyl (C=O) groups excluding carboxylic acids is 1. The molecule has 0 bridgehead atoms. The number of rotatable bonds is 3. The second-order valence-corrected chi connectivity index (χ2v) is 2.57. The van der Waals surface area contributed by atoms with Crippen LogP contribution < -0.4 is 5.32 Å². The molecule has 4 nitrogen and oxygen atoms in total. The van der Waals surface area contributed by atoms with E-state index < -0.39 is 17.8 Å². The molecule has 0 aromatic carbocycles. The van der Waals surface area contributed by atoms with Crippen LogP contribution in [0.15, 0.2) is 25.3 Å². The van der Waals surface area contributed by atoms with Gasteiger partial charge in [0, 0.05) is 0 Å². The predicted molar refractivity (Wildman–Crippen MR) is 43.6 cm³/mol. The van der Waals surface area contributed by atoms with E-state index in [1.165, 1.54) is 12.2 Å². The molecular weight excluding hydrogens is 158 g/mol. The Labute approximate surface area is 70.5 Å². The third-order valence-corrected chi connectivity index (χ3v) is 1.85. The standard InChI is InChI=1S/C8H11NO3/c1-3-8(11,4-2)6-5-9-7(10)12-6/h3-4,6,11H,1-2,5H2,(H,9,10)/t6-/m0/s1. The first kappa shape index (κ1) is 8.80. The Bertz CT molecular complexity index is 216. The summed E-state index contributed by atoms with van der Waals surface area (Å²) >= 11 is 0. The number of nitrogens with one attached hydrogen (secondary N) is 1. The fourth-order valence-electron chi connectivity index (χ4n) is 0.993. The Kier molecular flexibility index (Phi) is 2.19. The fraction of sp³-hybridized carbons (Fsp3) is 0.375. The van der Waals surface area contributed by atoms with Gasteiger partial charge in [0.1, 0.15) is 5.60 Å². The Morgan fingerprint density at radius 1 is 1.67 bits per heavy atom. The summed E-state index contributed by atoms with van der Waals surface area (Å²) in [5.74, 6) is 0. The van der Waals surface area contributed by atoms with Crippen molar-refractivity contribution in [1.82, 2.24) is 5.32 Å². The van der Waals surface area contributed by atoms with Gasteiger partial charge in [0.05, 0.1) is 6.54 Å². The van der Waals surface area contributed by atoms with Crippen molar-refractivity contribution in [3.63, 3.8) is 0 Å². The number of amides is 1. The van der Waals surface area contributed by atoms with Crippen LogP contribution in [0.3, 0.4) is 0 Å². The van der Waals surface area contributed by atoms with Gasteiger partial charge < -0.3 is 15.2 Å². The zero-order valence-corrected chi connectivity index (χ0v) is 6.62. The summed E-state index contributed by atoms with van der Waals surface area (Å²) in [6, 6.07) is 0. The van der Waals surface area contributed by atoms with Crippen LogP contribution in [0.5, 0.6) is 0 Å². The molecule has 0 unspecified atom stereocenters. The van der Waals surface area contributed by atoms with E-state index in [1.807, 2.05) is 0 Å². The third kappa shape index (κ3) is 1.33. The van der Waals surface area contributed by atoms with E-state index in [1.54, 1.807) is 0 Å². The third-order valence-electron chi connectivity index (χ3n) is 1.85. The molecule has 1 heterocycles. The van der Waals surface area contributed by atoms with Crippen LogP contribution in [0.1, 0.15) is 0 Å². The number of carbonyl (C=O) groups is 1. The maximum Gasteiger partial charge on any atom is 0.407 e. The van der Waals surface area contributed by atoms with E-state index in [0.29, 0.717) is 0 Å². The molecular formula is C8H11NO3. The van der Waals surface area contributed by atoms with Gasteiger partial charge >= 0.3 is 6.09 Å². The molecule has 4 heteroatoms. The highest BCUT2D eigenvalue weighted by atomic mass is 16.6. The highest BCUT2D eigenvalue weighted by Crippen LogP contribution is 2.19. The SMILES string of the molecule is C=CC(O)(C=C)[C@@H]1CNC(=O)O1. The van der Waals surface area contributed by atoms with Crippen molar-refractivity contribution in [3.05, 3.63) is 25.3 Å². The molecule has 0 aromatic heterocycles. The van der Waals surface area contributed by atoms with Gasteiger partial charge in [-0.25, -0.2) is 4.79 Å². The molecule has 1 fully saturated rings. The summed E-state index contributed by atoms with van der Waals surface area (Å²) in [4.78, 5) is 10.6. The molecule has 1 amide bonds. The molecule has 0 aromatic rings. The highest BCUT2D eigenvalue weighted by molar-refractivity contribution is 5.69. The predicted octanol–water partition coefficient (Wildman–Crippen LogP) is 0.198. The fourth-order valence-corrected chi connectivity index (χ4v) is 0.993. The van der Waals surface area contributed by atoms with Crippen molar-refractivity contribution in [2.24, 2.45) is 0 Å². The number of aliphatic hydroxyl groups is 1. The van der Waals surface area contributed by atoms with E-state index in [4.69, 9.17) is 4.74 Å². The maximum absolute atomic E-state index is 10.6. The molecule has 66 valence electrons. The van der Waals surface area contributed by atoms with Crippen LogP contribution in [-0.4, -0.2) is 29.4 Å². The molecule has 0 radical (unpaired) electrons. The molecule has 0 saturated carbocycles. The van der Waals surface area contributed by atoms with Crippen LogP contribution in [0, 0.1) is 0 Å². The largest absolute Gasteiger partial charge is 0.441 e. The molecule has 1 aliphatic heterocycles. The first-order valence-corrected chi connectivity index (χ1v) is 3.56. The van der Waals surface area contributed by atoms with Gasteiger partial charge in [0.15, 0.2) is 6.10 Å². The smallest absolute Gasteiger partial charge is 0.407 e. The summed E-state index contributed by atoms with van der Waals surface area (Å²) in [5.41, 5.74) is -1.33. The average Bonchev–Trinajstić information content (AvgIpc) is 2.51. The lowest BCUT2D eigenvalue weighted by atomic mass is 9.97. The van der Waals surface area contributed by atoms with Crippen molar-refractivity contribution in [1.29, 1.82) is 0 Å². The van der Waals surface area contributed by atoms with Crippen molar-refractivity contribution in [3.8, 4) is 0 Å². The lowest BCUT2D eigenvalue weighted by Crippen LogP contribution is -2.40. The first-order chi connectivity index (χ1) is 5.62. The minimum Gasteiger partial charge on any atom is -0.441 e. The van der Waals surface area contributed by atoms with E-state index in [-0.39, 0.29) is 6.54 Å². The van der Waals surface area contributed by atoms with Gasteiger partial charge in [-0.1, -0.05) is 25.3 Å². The molecule has 12 heavy (non-hydrogen) atoms. The van der Waals surface area contributed by atoms with Gasteiger partial charge in [-0.2, -0.15) is 0 Å². The van der Waals surface area contributed by atoms with Gasteiger partial charge in [-0.15, -0.1) is 0 Å². The van der Waals surface area contributed by atoms with Crippen molar-refractivity contribution in [2.45, 2.75) is 11.7 Å². The van der Waals surface area contributed by atoms with Crippen molar-refractivity contribution in [2.75, 3.05) is 6.54 Å². The molecule has 0 aliphatic carbocycles. The van der Waals surface area contributed by atoms with E-state index in [9.17, 15) is 9.90 Å². The molecule has 1 saturated heterocycles. The van der Waals surface area contributed by atoms with E-state index >= 15 is 0 Å². The number of ether oxygens (including phenoxy) is 1. The molecule has 1 atom stereocenters. The summed E-state index contributed by atoms with van der Waals surface area (Å²) in [7, 11) is 0. The second kappa shape index (κ2) is 2.98. The average molecular weight is 169 g/mol. The van der Waals surface area contributed by atoms with Gasteiger partial charge in [0.2, 0.25) is 0 Å². The zero-order valence-electron chi connectivity index (χ0n) is 6.62. The molecule has 1 rings (SSSR count). The monoisotopic (exact) mass is 169 g/mol. The second-order valence-electron chi connectivity index (χ2n) is 2.57. The Morgan fingerprint density at radius 2 is 2.25 bits per heavy atom. The summed E-state index contributed by atoms with van der Waals surface area (Å²) in [5, 5.41) is 12.1. The Balaban J connectivity index is 2.74. The minimum atomic E-state index is -1.33. The van der Waals surface area contributed by atoms with Crippen LogP contribution in [0.25, 0.3) is 0 Å². The summed E-state index contributed by atoms with van der Waals surface area (Å²) < 4.78 is 4.77. The normalized spacial score (nSPS) is 22.8. The Morgan fingerprint density at radius 3 is 2.58 bits per heavy atom. The molecule has 2 N–H and O–H groups in total. The Hall–Kier alpha value is -1.29. The van der Waals surface area contributed by atoms with Gasteiger partial charge in [-0.05, 0) is 0 Å². The first-order valence-electron chi connectivity index (χ1n) is 3.56. The number of alkyl carbamates (subject to hydrolysis) is 1. The van der Waals surface area contributed by atoms with E-state index in [2.05, 4.69) is 18.5 Å². The lowest BCUT2D eigenvalue weighted by Gasteiger charge is -2.24. The van der Waals surface area contributed by atoms with Gasteiger partial charge in [0.25, 0.3) is 0 Å². The van der Waals surface area contributed by atoms with Crippen molar-refractivity contribution >= 4 is 6.09 Å². The van der Waals surface area contributed by atoms with Crippen LogP contribution >= 0.6 is 0 Å². The minimum absolute atomic E-state index is 0.271. The van der Waals surface area contributed by atoms with Crippen LogP contribution in [-0.2, 0) is 4.74 Å². The quantitative estimate of drug-likeness (QED) is 0.593. The summed E-state index contributed by atoms with van der Waals surface area (Å²) in [6.45, 7) is 7.14.